The first-order valence-corrected chi connectivity index (χ1v) is 14.2. The zero-order valence-electron chi connectivity index (χ0n) is 23.4. The molecular formula is C34H34N4O4. The molecule has 3 N–H and O–H groups in total. The van der Waals surface area contributed by atoms with E-state index >= 15 is 0 Å². The average molecular weight is 563 g/mol. The minimum Gasteiger partial charge on any atom is -0.392 e. The Morgan fingerprint density at radius 1 is 0.881 bits per heavy atom. The van der Waals surface area contributed by atoms with Crippen LogP contribution in [0, 0.1) is 5.92 Å². The van der Waals surface area contributed by atoms with E-state index in [1.54, 1.807) is 0 Å². The van der Waals surface area contributed by atoms with Gasteiger partial charge in [-0.25, -0.2) is 9.78 Å². The molecule has 0 bridgehead atoms. The predicted molar refractivity (Wildman–Crippen MR) is 161 cm³/mol. The van der Waals surface area contributed by atoms with Gasteiger partial charge in [-0.3, -0.25) is 0 Å². The van der Waals surface area contributed by atoms with Crippen LogP contribution in [-0.4, -0.2) is 26.8 Å². The molecule has 6 rings (SSSR count). The van der Waals surface area contributed by atoms with E-state index in [1.807, 2.05) is 103 Å². The summed E-state index contributed by atoms with van der Waals surface area (Å²) in [7, 11) is 0. The molecule has 4 unspecified atom stereocenters. The Kier molecular flexibility index (Phi) is 8.28. The van der Waals surface area contributed by atoms with Gasteiger partial charge in [-0.05, 0) is 41.0 Å². The quantitative estimate of drug-likeness (QED) is 0.205. The molecule has 214 valence electrons. The molecule has 8 heteroatoms. The maximum Gasteiger partial charge on any atom is 0.319 e. The van der Waals surface area contributed by atoms with Gasteiger partial charge in [0.25, 0.3) is 0 Å². The van der Waals surface area contributed by atoms with Crippen molar-refractivity contribution in [2.45, 2.75) is 45.1 Å². The van der Waals surface area contributed by atoms with Gasteiger partial charge in [0.2, 0.25) is 0 Å². The molecule has 0 radical (unpaired) electrons. The monoisotopic (exact) mass is 562 g/mol. The van der Waals surface area contributed by atoms with Gasteiger partial charge in [-0.2, -0.15) is 0 Å². The highest BCUT2D eigenvalue weighted by molar-refractivity contribution is 5.89. The minimum atomic E-state index is -0.655. The number of amides is 2. The molecule has 2 heterocycles. The number of ether oxygens (including phenoxy) is 2. The van der Waals surface area contributed by atoms with Gasteiger partial charge in [-0.15, -0.1) is 0 Å². The van der Waals surface area contributed by atoms with Gasteiger partial charge in [-0.1, -0.05) is 85.8 Å². The summed E-state index contributed by atoms with van der Waals surface area (Å²) in [6.07, 6.45) is 0.767. The standard InChI is InChI=1S/C34H34N4O4/c1-23-31(20-38-22-36-29-12-5-6-13-30(29)38)41-33(42-32(23)26-16-14-25(21-39)15-17-26)27-10-7-11-28(18-27)37-34(40)35-19-24-8-3-2-4-9-24/h2-18,22-23,31-33,39H,19-21H2,1H3,(H2,35,37,40). The van der Waals surface area contributed by atoms with Gasteiger partial charge in [0, 0.05) is 23.7 Å². The number of para-hydroxylation sites is 2. The molecule has 1 saturated heterocycles. The number of hydrogen-bond donors (Lipinski definition) is 3. The highest BCUT2D eigenvalue weighted by atomic mass is 16.7. The number of urea groups is 1. The van der Waals surface area contributed by atoms with Crippen LogP contribution < -0.4 is 10.6 Å². The maximum atomic E-state index is 12.6. The van der Waals surface area contributed by atoms with E-state index in [2.05, 4.69) is 33.2 Å². The molecule has 4 aromatic carbocycles. The highest BCUT2D eigenvalue weighted by Crippen LogP contribution is 2.42. The SMILES string of the molecule is CC1C(Cn2cnc3ccccc32)OC(c2cccc(NC(=O)NCc3ccccc3)c2)OC1c1ccc(CO)cc1. The molecular weight excluding hydrogens is 528 g/mol. The smallest absolute Gasteiger partial charge is 0.319 e. The molecule has 2 amide bonds. The van der Waals surface area contributed by atoms with E-state index in [0.29, 0.717) is 18.8 Å². The number of nitrogens with one attached hydrogen (secondary N) is 2. The molecule has 8 nitrogen and oxygen atoms in total. The van der Waals surface area contributed by atoms with Crippen molar-refractivity contribution in [2.75, 3.05) is 5.32 Å². The first kappa shape index (κ1) is 27.7. The summed E-state index contributed by atoms with van der Waals surface area (Å²) in [4.78, 5) is 17.2. The van der Waals surface area contributed by atoms with Gasteiger partial charge in [0.15, 0.2) is 6.29 Å². The number of benzene rings is 4. The third-order valence-electron chi connectivity index (χ3n) is 7.74. The van der Waals surface area contributed by atoms with Gasteiger partial charge >= 0.3 is 6.03 Å². The van der Waals surface area contributed by atoms with E-state index in [0.717, 1.165) is 33.3 Å². The lowest BCUT2D eigenvalue weighted by Gasteiger charge is -2.41. The number of anilines is 1. The number of imidazole rings is 1. The third-order valence-corrected chi connectivity index (χ3v) is 7.74. The summed E-state index contributed by atoms with van der Waals surface area (Å²) in [6, 6.07) is 33.0. The van der Waals surface area contributed by atoms with Crippen LogP contribution in [0.4, 0.5) is 10.5 Å². The zero-order chi connectivity index (χ0) is 28.9. The summed E-state index contributed by atoms with van der Waals surface area (Å²) in [5, 5.41) is 15.4. The Bertz CT molecular complexity index is 1640. The molecule has 1 aromatic heterocycles. The Morgan fingerprint density at radius 3 is 2.48 bits per heavy atom. The second kappa shape index (κ2) is 12.6. The maximum absolute atomic E-state index is 12.6. The topological polar surface area (TPSA) is 97.6 Å². The molecule has 5 aromatic rings. The lowest BCUT2D eigenvalue weighted by Crippen LogP contribution is -2.39. The number of aromatic nitrogens is 2. The Labute approximate surface area is 244 Å². The fraction of sp³-hybridized carbons (Fsp3) is 0.235. The van der Waals surface area contributed by atoms with Gasteiger partial charge in [0.05, 0.1) is 42.7 Å². The van der Waals surface area contributed by atoms with Crippen LogP contribution in [0.3, 0.4) is 0 Å². The van der Waals surface area contributed by atoms with Crippen LogP contribution >= 0.6 is 0 Å². The normalized spacial score (nSPS) is 20.3. The number of nitrogens with zero attached hydrogens (tertiary/aromatic N) is 2. The highest BCUT2D eigenvalue weighted by Gasteiger charge is 2.38. The van der Waals surface area contributed by atoms with Crippen molar-refractivity contribution in [1.29, 1.82) is 0 Å². The average Bonchev–Trinajstić information content (AvgIpc) is 3.44. The minimum absolute atomic E-state index is 0.0118. The first-order valence-electron chi connectivity index (χ1n) is 14.2. The van der Waals surface area contributed by atoms with E-state index in [1.165, 1.54) is 0 Å². The fourth-order valence-corrected chi connectivity index (χ4v) is 5.39. The number of carbonyl (C=O) groups is 1. The largest absolute Gasteiger partial charge is 0.392 e. The lowest BCUT2D eigenvalue weighted by atomic mass is 9.90. The molecule has 0 saturated carbocycles. The van der Waals surface area contributed by atoms with Crippen molar-refractivity contribution < 1.29 is 19.4 Å². The Morgan fingerprint density at radius 2 is 1.67 bits per heavy atom. The van der Waals surface area contributed by atoms with Crippen molar-refractivity contribution in [1.82, 2.24) is 14.9 Å². The second-order valence-electron chi connectivity index (χ2n) is 10.6. The molecule has 42 heavy (non-hydrogen) atoms. The molecule has 0 aliphatic carbocycles. The van der Waals surface area contributed by atoms with Crippen LogP contribution in [0.5, 0.6) is 0 Å². The van der Waals surface area contributed by atoms with Crippen molar-refractivity contribution in [2.24, 2.45) is 5.92 Å². The summed E-state index contributed by atoms with van der Waals surface area (Å²) in [6.45, 7) is 3.16. The Balaban J connectivity index is 1.23. The van der Waals surface area contributed by atoms with E-state index in [4.69, 9.17) is 9.47 Å². The predicted octanol–water partition coefficient (Wildman–Crippen LogP) is 6.34. The molecule has 1 aliphatic rings. The van der Waals surface area contributed by atoms with Crippen LogP contribution in [0.25, 0.3) is 11.0 Å². The number of rotatable bonds is 8. The lowest BCUT2D eigenvalue weighted by molar-refractivity contribution is -0.276. The van der Waals surface area contributed by atoms with Crippen molar-refractivity contribution in [3.8, 4) is 0 Å². The zero-order valence-corrected chi connectivity index (χ0v) is 23.4. The van der Waals surface area contributed by atoms with Crippen molar-refractivity contribution in [3.05, 3.63) is 132 Å². The Hall–Kier alpha value is -4.50. The van der Waals surface area contributed by atoms with Crippen LogP contribution in [0.2, 0.25) is 0 Å². The van der Waals surface area contributed by atoms with Gasteiger partial charge < -0.3 is 29.8 Å². The van der Waals surface area contributed by atoms with Gasteiger partial charge in [0.1, 0.15) is 0 Å². The summed E-state index contributed by atoms with van der Waals surface area (Å²) in [5.41, 5.74) is 6.32. The summed E-state index contributed by atoms with van der Waals surface area (Å²) < 4.78 is 15.4. The summed E-state index contributed by atoms with van der Waals surface area (Å²) >= 11 is 0. The van der Waals surface area contributed by atoms with Crippen molar-refractivity contribution in [3.63, 3.8) is 0 Å². The second-order valence-corrected chi connectivity index (χ2v) is 10.6. The number of fused-ring (bicyclic) bond motifs is 1. The van der Waals surface area contributed by atoms with Crippen LogP contribution in [0.15, 0.2) is 109 Å². The third kappa shape index (κ3) is 6.21. The number of aliphatic hydroxyl groups excluding tert-OH is 1. The van der Waals surface area contributed by atoms with E-state index in [-0.39, 0.29) is 30.8 Å². The fourth-order valence-electron chi connectivity index (χ4n) is 5.39. The number of carbonyl (C=O) groups excluding carboxylic acids is 1. The molecule has 0 spiro atoms. The summed E-state index contributed by atoms with van der Waals surface area (Å²) in [5.74, 6) is 0.0208. The van der Waals surface area contributed by atoms with E-state index < -0.39 is 6.29 Å². The number of hydrogen-bond acceptors (Lipinski definition) is 5. The van der Waals surface area contributed by atoms with Crippen LogP contribution in [-0.2, 0) is 29.2 Å². The van der Waals surface area contributed by atoms with Crippen molar-refractivity contribution >= 4 is 22.8 Å². The molecule has 1 aliphatic heterocycles. The molecule has 4 atom stereocenters. The van der Waals surface area contributed by atoms with Crippen LogP contribution in [0.1, 0.15) is 41.6 Å². The van der Waals surface area contributed by atoms with E-state index in [9.17, 15) is 9.90 Å². The first-order chi connectivity index (χ1) is 20.6. The molecule has 1 fully saturated rings. The number of aliphatic hydroxyl groups is 1.